The molecule has 0 spiro atoms. The van der Waals surface area contributed by atoms with Crippen LogP contribution in [0.4, 0.5) is 5.69 Å². The highest BCUT2D eigenvalue weighted by Crippen LogP contribution is 2.28. The van der Waals surface area contributed by atoms with Crippen molar-refractivity contribution in [3.63, 3.8) is 0 Å². The zero-order valence-corrected chi connectivity index (χ0v) is 14.4. The summed E-state index contributed by atoms with van der Waals surface area (Å²) in [5.41, 5.74) is 9.64. The molecular formula is C20H20N4O2. The van der Waals surface area contributed by atoms with E-state index in [1.807, 2.05) is 42.5 Å². The Hall–Kier alpha value is -2.99. The fourth-order valence-electron chi connectivity index (χ4n) is 3.22. The average molecular weight is 348 g/mol. The van der Waals surface area contributed by atoms with Crippen molar-refractivity contribution < 1.29 is 9.32 Å². The van der Waals surface area contributed by atoms with Crippen LogP contribution in [-0.2, 0) is 24.3 Å². The Labute approximate surface area is 151 Å². The molecule has 0 unspecified atom stereocenters. The topological polar surface area (TPSA) is 85.2 Å². The first-order valence-corrected chi connectivity index (χ1v) is 8.75. The van der Waals surface area contributed by atoms with Gasteiger partial charge >= 0.3 is 0 Å². The highest BCUT2D eigenvalue weighted by Gasteiger charge is 2.24. The van der Waals surface area contributed by atoms with Crippen LogP contribution in [0.3, 0.4) is 0 Å². The van der Waals surface area contributed by atoms with Crippen LogP contribution in [-0.4, -0.2) is 16.0 Å². The van der Waals surface area contributed by atoms with Crippen molar-refractivity contribution in [2.75, 3.05) is 4.90 Å². The number of para-hydroxylation sites is 1. The number of carbonyl (C=O) groups is 1. The fourth-order valence-corrected chi connectivity index (χ4v) is 3.22. The molecule has 0 bridgehead atoms. The van der Waals surface area contributed by atoms with Gasteiger partial charge in [0.1, 0.15) is 6.54 Å². The molecule has 4 rings (SSSR count). The summed E-state index contributed by atoms with van der Waals surface area (Å²) in [7, 11) is 0. The SMILES string of the molecule is NCc1ccc(-c2noc(CN3C(=O)CCCc4ccccc43)n2)cc1. The maximum Gasteiger partial charge on any atom is 0.247 e. The van der Waals surface area contributed by atoms with Gasteiger partial charge in [-0.1, -0.05) is 47.6 Å². The molecule has 0 saturated carbocycles. The minimum absolute atomic E-state index is 0.0852. The van der Waals surface area contributed by atoms with E-state index < -0.39 is 0 Å². The zero-order chi connectivity index (χ0) is 17.9. The molecule has 0 radical (unpaired) electrons. The Morgan fingerprint density at radius 2 is 1.88 bits per heavy atom. The number of anilines is 1. The lowest BCUT2D eigenvalue weighted by molar-refractivity contribution is -0.118. The van der Waals surface area contributed by atoms with Crippen LogP contribution in [0.2, 0.25) is 0 Å². The third kappa shape index (κ3) is 3.23. The lowest BCUT2D eigenvalue weighted by atomic mass is 10.1. The number of hydrogen-bond donors (Lipinski definition) is 1. The second kappa shape index (κ2) is 7.09. The number of fused-ring (bicyclic) bond motifs is 1. The summed E-state index contributed by atoms with van der Waals surface area (Å²) in [6, 6.07) is 15.7. The molecule has 1 aliphatic rings. The van der Waals surface area contributed by atoms with Crippen molar-refractivity contribution in [3.05, 3.63) is 65.5 Å². The largest absolute Gasteiger partial charge is 0.337 e. The van der Waals surface area contributed by atoms with E-state index in [0.29, 0.717) is 24.7 Å². The van der Waals surface area contributed by atoms with Crippen LogP contribution in [0.5, 0.6) is 0 Å². The van der Waals surface area contributed by atoms with Crippen molar-refractivity contribution in [1.82, 2.24) is 10.1 Å². The highest BCUT2D eigenvalue weighted by atomic mass is 16.5. The Balaban J connectivity index is 1.59. The van der Waals surface area contributed by atoms with Gasteiger partial charge in [0, 0.05) is 24.2 Å². The second-order valence-corrected chi connectivity index (χ2v) is 6.37. The number of aryl methyl sites for hydroxylation is 1. The predicted molar refractivity (Wildman–Crippen MR) is 98.2 cm³/mol. The first-order valence-electron chi connectivity index (χ1n) is 8.75. The number of aromatic nitrogens is 2. The summed E-state index contributed by atoms with van der Waals surface area (Å²) in [5.74, 6) is 1.02. The minimum Gasteiger partial charge on any atom is -0.337 e. The number of amides is 1. The number of benzene rings is 2. The first-order chi connectivity index (χ1) is 12.7. The summed E-state index contributed by atoms with van der Waals surface area (Å²) < 4.78 is 5.40. The van der Waals surface area contributed by atoms with Gasteiger partial charge in [-0.15, -0.1) is 0 Å². The summed E-state index contributed by atoms with van der Waals surface area (Å²) in [6.07, 6.45) is 2.28. The van der Waals surface area contributed by atoms with Gasteiger partial charge in [-0.05, 0) is 30.0 Å². The molecule has 0 aliphatic carbocycles. The summed E-state index contributed by atoms with van der Waals surface area (Å²) in [5, 5.41) is 4.06. The van der Waals surface area contributed by atoms with E-state index in [4.69, 9.17) is 10.3 Å². The van der Waals surface area contributed by atoms with Crippen molar-refractivity contribution in [2.45, 2.75) is 32.4 Å². The molecule has 1 aromatic heterocycles. The van der Waals surface area contributed by atoms with Gasteiger partial charge in [-0.2, -0.15) is 4.98 Å². The van der Waals surface area contributed by atoms with Crippen LogP contribution >= 0.6 is 0 Å². The number of nitrogens with two attached hydrogens (primary N) is 1. The molecule has 2 aromatic carbocycles. The average Bonchev–Trinajstić information content (AvgIpc) is 3.09. The molecule has 26 heavy (non-hydrogen) atoms. The van der Waals surface area contributed by atoms with Crippen molar-refractivity contribution in [2.24, 2.45) is 5.73 Å². The van der Waals surface area contributed by atoms with Gasteiger partial charge in [-0.25, -0.2) is 0 Å². The van der Waals surface area contributed by atoms with Gasteiger partial charge in [0.05, 0.1) is 0 Å². The maximum atomic E-state index is 12.6. The number of rotatable bonds is 4. The van der Waals surface area contributed by atoms with Crippen LogP contribution in [0.25, 0.3) is 11.4 Å². The minimum atomic E-state index is 0.0852. The Morgan fingerprint density at radius 3 is 2.69 bits per heavy atom. The Kier molecular flexibility index (Phi) is 4.50. The van der Waals surface area contributed by atoms with Gasteiger partial charge in [0.15, 0.2) is 0 Å². The Bertz CT molecular complexity index is 918. The quantitative estimate of drug-likeness (QED) is 0.783. The summed E-state index contributed by atoms with van der Waals surface area (Å²) in [6.45, 7) is 0.776. The molecule has 2 heterocycles. The molecule has 1 amide bonds. The zero-order valence-electron chi connectivity index (χ0n) is 14.4. The number of carbonyl (C=O) groups excluding carboxylic acids is 1. The third-order valence-electron chi connectivity index (χ3n) is 4.63. The summed E-state index contributed by atoms with van der Waals surface area (Å²) in [4.78, 5) is 18.8. The van der Waals surface area contributed by atoms with Gasteiger partial charge < -0.3 is 15.2 Å². The lowest BCUT2D eigenvalue weighted by Gasteiger charge is -2.21. The molecule has 2 N–H and O–H groups in total. The van der Waals surface area contributed by atoms with E-state index in [1.165, 1.54) is 5.56 Å². The first kappa shape index (κ1) is 16.5. The van der Waals surface area contributed by atoms with Crippen molar-refractivity contribution in [1.29, 1.82) is 0 Å². The number of hydrogen-bond acceptors (Lipinski definition) is 5. The molecule has 0 saturated heterocycles. The van der Waals surface area contributed by atoms with Crippen LogP contribution in [0.15, 0.2) is 53.1 Å². The van der Waals surface area contributed by atoms with Crippen LogP contribution in [0, 0.1) is 0 Å². The van der Waals surface area contributed by atoms with E-state index in [9.17, 15) is 4.79 Å². The van der Waals surface area contributed by atoms with Crippen molar-refractivity contribution >= 4 is 11.6 Å². The van der Waals surface area contributed by atoms with Crippen LogP contribution in [0.1, 0.15) is 29.9 Å². The molecule has 6 nitrogen and oxygen atoms in total. The van der Waals surface area contributed by atoms with Crippen molar-refractivity contribution in [3.8, 4) is 11.4 Å². The highest BCUT2D eigenvalue weighted by molar-refractivity contribution is 5.94. The van der Waals surface area contributed by atoms with E-state index in [-0.39, 0.29) is 12.5 Å². The molecular weight excluding hydrogens is 328 g/mol. The molecule has 132 valence electrons. The van der Waals surface area contributed by atoms with E-state index in [1.54, 1.807) is 4.90 Å². The van der Waals surface area contributed by atoms with E-state index in [0.717, 1.165) is 29.7 Å². The van der Waals surface area contributed by atoms with Gasteiger partial charge in [-0.3, -0.25) is 4.79 Å². The predicted octanol–water partition coefficient (Wildman–Crippen LogP) is 3.06. The fraction of sp³-hybridized carbons (Fsp3) is 0.250. The smallest absolute Gasteiger partial charge is 0.247 e. The molecule has 3 aromatic rings. The Morgan fingerprint density at radius 1 is 1.08 bits per heavy atom. The molecule has 0 atom stereocenters. The molecule has 1 aliphatic heterocycles. The lowest BCUT2D eigenvalue weighted by Crippen LogP contribution is -2.29. The standard InChI is InChI=1S/C20H20N4O2/c21-12-14-8-10-16(11-9-14)20-22-18(26-23-20)13-24-17-6-2-1-4-15(17)5-3-7-19(24)25/h1-2,4,6,8-11H,3,5,7,12-13,21H2. The second-order valence-electron chi connectivity index (χ2n) is 6.37. The molecule has 6 heteroatoms. The monoisotopic (exact) mass is 348 g/mol. The number of nitrogens with zero attached hydrogens (tertiary/aromatic N) is 3. The van der Waals surface area contributed by atoms with E-state index in [2.05, 4.69) is 16.2 Å². The van der Waals surface area contributed by atoms with Crippen LogP contribution < -0.4 is 10.6 Å². The normalized spacial score (nSPS) is 14.2. The van der Waals surface area contributed by atoms with Gasteiger partial charge in [0.2, 0.25) is 17.6 Å². The third-order valence-corrected chi connectivity index (χ3v) is 4.63. The van der Waals surface area contributed by atoms with Gasteiger partial charge in [0.25, 0.3) is 0 Å². The summed E-state index contributed by atoms with van der Waals surface area (Å²) >= 11 is 0. The maximum absolute atomic E-state index is 12.6. The van der Waals surface area contributed by atoms with E-state index >= 15 is 0 Å². The molecule has 0 fully saturated rings.